The Morgan fingerprint density at radius 2 is 1.81 bits per heavy atom. The minimum atomic E-state index is 0.747. The van der Waals surface area contributed by atoms with Crippen LogP contribution >= 0.6 is 0 Å². The van der Waals surface area contributed by atoms with E-state index in [-0.39, 0.29) is 0 Å². The predicted octanol–water partition coefficient (Wildman–Crippen LogP) is 3.95. The fraction of sp³-hybridized carbons (Fsp3) is 0.318. The third-order valence-corrected chi connectivity index (χ3v) is 5.10. The monoisotopic (exact) mass is 346 g/mol. The molecule has 0 amide bonds. The van der Waals surface area contributed by atoms with Crippen LogP contribution in [0.25, 0.3) is 10.9 Å². The van der Waals surface area contributed by atoms with Gasteiger partial charge in [-0.3, -0.25) is 0 Å². The molecule has 3 N–H and O–H groups in total. The molecule has 1 aliphatic rings. The zero-order valence-electron chi connectivity index (χ0n) is 15.1. The lowest BCUT2D eigenvalue weighted by Gasteiger charge is -2.30. The van der Waals surface area contributed by atoms with Crippen LogP contribution in [0.15, 0.2) is 54.6 Å². The van der Waals surface area contributed by atoms with Crippen LogP contribution in [0.1, 0.15) is 24.0 Å². The first-order valence-corrected chi connectivity index (χ1v) is 9.50. The Labute approximate surface area is 155 Å². The summed E-state index contributed by atoms with van der Waals surface area (Å²) in [4.78, 5) is 7.33. The van der Waals surface area contributed by atoms with Gasteiger partial charge < -0.3 is 16.0 Å². The topological polar surface area (TPSA) is 54.2 Å². The van der Waals surface area contributed by atoms with Crippen molar-refractivity contribution in [2.24, 2.45) is 5.73 Å². The fourth-order valence-electron chi connectivity index (χ4n) is 3.65. The number of hydrogen-bond acceptors (Lipinski definition) is 4. The molecular formula is C22H26N4. The molecule has 0 bridgehead atoms. The lowest BCUT2D eigenvalue weighted by Crippen LogP contribution is -2.31. The first kappa shape index (κ1) is 16.9. The second-order valence-electron chi connectivity index (χ2n) is 6.91. The Hall–Kier alpha value is -2.59. The average molecular weight is 346 g/mol. The van der Waals surface area contributed by atoms with Crippen LogP contribution in [0.4, 0.5) is 11.5 Å². The highest BCUT2D eigenvalue weighted by molar-refractivity contribution is 5.93. The second-order valence-corrected chi connectivity index (χ2v) is 6.91. The molecule has 4 heteroatoms. The van der Waals surface area contributed by atoms with Gasteiger partial charge in [0.2, 0.25) is 0 Å². The molecule has 0 saturated heterocycles. The van der Waals surface area contributed by atoms with E-state index in [1.54, 1.807) is 0 Å². The molecule has 4 nitrogen and oxygen atoms in total. The minimum absolute atomic E-state index is 0.747. The van der Waals surface area contributed by atoms with Crippen molar-refractivity contribution in [2.45, 2.75) is 25.8 Å². The number of aromatic nitrogens is 1. The highest BCUT2D eigenvalue weighted by atomic mass is 15.2. The third-order valence-electron chi connectivity index (χ3n) is 5.10. The standard InChI is InChI=1S/C22H26N4/c23-12-5-6-13-24-21-15-22(25-20-10-4-3-9-19(20)21)26-14-11-17-7-1-2-8-18(17)16-26/h1-4,7-10,15H,5-6,11-14,16,23H2,(H,24,25). The van der Waals surface area contributed by atoms with Gasteiger partial charge in [0.1, 0.15) is 5.82 Å². The summed E-state index contributed by atoms with van der Waals surface area (Å²) >= 11 is 0. The highest BCUT2D eigenvalue weighted by Gasteiger charge is 2.18. The molecule has 0 saturated carbocycles. The number of nitrogens with two attached hydrogens (primary N) is 1. The van der Waals surface area contributed by atoms with Crippen LogP contribution in [-0.2, 0) is 13.0 Å². The first-order valence-electron chi connectivity index (χ1n) is 9.50. The number of para-hydroxylation sites is 1. The van der Waals surface area contributed by atoms with Gasteiger partial charge in [0.05, 0.1) is 5.52 Å². The number of nitrogens with zero attached hydrogens (tertiary/aromatic N) is 2. The summed E-state index contributed by atoms with van der Waals surface area (Å²) in [7, 11) is 0. The summed E-state index contributed by atoms with van der Waals surface area (Å²) in [6.45, 7) is 3.62. The fourth-order valence-corrected chi connectivity index (χ4v) is 3.65. The Morgan fingerprint density at radius 1 is 1.00 bits per heavy atom. The number of hydrogen-bond donors (Lipinski definition) is 2. The smallest absolute Gasteiger partial charge is 0.131 e. The molecular weight excluding hydrogens is 320 g/mol. The van der Waals surface area contributed by atoms with Crippen molar-refractivity contribution in [3.8, 4) is 0 Å². The van der Waals surface area contributed by atoms with Crippen molar-refractivity contribution in [2.75, 3.05) is 29.9 Å². The number of benzene rings is 2. The molecule has 0 unspecified atom stereocenters. The summed E-state index contributed by atoms with van der Waals surface area (Å²) in [5, 5.41) is 4.78. The van der Waals surface area contributed by atoms with Crippen LogP contribution in [0.2, 0.25) is 0 Å². The molecule has 4 rings (SSSR count). The predicted molar refractivity (Wildman–Crippen MR) is 110 cm³/mol. The summed E-state index contributed by atoms with van der Waals surface area (Å²) in [6.07, 6.45) is 3.20. The zero-order valence-corrected chi connectivity index (χ0v) is 15.1. The normalized spacial score (nSPS) is 13.7. The van der Waals surface area contributed by atoms with Gasteiger partial charge in [0.15, 0.2) is 0 Å². The van der Waals surface area contributed by atoms with E-state index in [2.05, 4.69) is 64.8 Å². The van der Waals surface area contributed by atoms with E-state index in [1.807, 2.05) is 0 Å². The van der Waals surface area contributed by atoms with Gasteiger partial charge in [-0.2, -0.15) is 0 Å². The molecule has 2 heterocycles. The molecule has 0 spiro atoms. The van der Waals surface area contributed by atoms with Crippen molar-refractivity contribution >= 4 is 22.4 Å². The van der Waals surface area contributed by atoms with Crippen molar-refractivity contribution < 1.29 is 0 Å². The molecule has 0 radical (unpaired) electrons. The summed E-state index contributed by atoms with van der Waals surface area (Å²) < 4.78 is 0. The number of nitrogens with one attached hydrogen (secondary N) is 1. The Balaban J connectivity index is 1.63. The number of rotatable bonds is 6. The third kappa shape index (κ3) is 3.51. The van der Waals surface area contributed by atoms with E-state index in [4.69, 9.17) is 10.7 Å². The molecule has 1 aromatic heterocycles. The van der Waals surface area contributed by atoms with E-state index in [0.717, 1.165) is 56.8 Å². The maximum Gasteiger partial charge on any atom is 0.131 e. The molecule has 1 aliphatic heterocycles. The van der Waals surface area contributed by atoms with Crippen molar-refractivity contribution in [1.29, 1.82) is 0 Å². The van der Waals surface area contributed by atoms with E-state index in [9.17, 15) is 0 Å². The molecule has 2 aromatic carbocycles. The maximum absolute atomic E-state index is 5.61. The summed E-state index contributed by atoms with van der Waals surface area (Å²) in [5.41, 5.74) is 10.7. The van der Waals surface area contributed by atoms with Gasteiger partial charge in [-0.25, -0.2) is 4.98 Å². The van der Waals surface area contributed by atoms with Gasteiger partial charge in [0.25, 0.3) is 0 Å². The Bertz CT molecular complexity index is 890. The van der Waals surface area contributed by atoms with Gasteiger partial charge in [0, 0.05) is 36.8 Å². The summed E-state index contributed by atoms with van der Waals surface area (Å²) in [5.74, 6) is 1.06. The van der Waals surface area contributed by atoms with Crippen LogP contribution in [0.5, 0.6) is 0 Å². The molecule has 0 fully saturated rings. The van der Waals surface area contributed by atoms with Gasteiger partial charge >= 0.3 is 0 Å². The molecule has 0 atom stereocenters. The second kappa shape index (κ2) is 7.75. The number of unbranched alkanes of at least 4 members (excludes halogenated alkanes) is 1. The van der Waals surface area contributed by atoms with E-state index >= 15 is 0 Å². The Kier molecular flexibility index (Phi) is 5.02. The first-order chi connectivity index (χ1) is 12.8. The van der Waals surface area contributed by atoms with Crippen molar-refractivity contribution in [3.63, 3.8) is 0 Å². The van der Waals surface area contributed by atoms with Crippen LogP contribution in [0, 0.1) is 0 Å². The molecule has 26 heavy (non-hydrogen) atoms. The lowest BCUT2D eigenvalue weighted by molar-refractivity contribution is 0.722. The quantitative estimate of drug-likeness (QED) is 0.664. The number of pyridine rings is 1. The molecule has 3 aromatic rings. The maximum atomic E-state index is 5.61. The SMILES string of the molecule is NCCCCNc1cc(N2CCc3ccccc3C2)nc2ccccc12. The van der Waals surface area contributed by atoms with Gasteiger partial charge in [-0.05, 0) is 43.0 Å². The van der Waals surface area contributed by atoms with Gasteiger partial charge in [-0.15, -0.1) is 0 Å². The van der Waals surface area contributed by atoms with E-state index in [1.165, 1.54) is 22.2 Å². The molecule has 134 valence electrons. The van der Waals surface area contributed by atoms with Gasteiger partial charge in [-0.1, -0.05) is 42.5 Å². The van der Waals surface area contributed by atoms with Crippen molar-refractivity contribution in [1.82, 2.24) is 4.98 Å². The lowest BCUT2D eigenvalue weighted by atomic mass is 10.00. The van der Waals surface area contributed by atoms with Crippen molar-refractivity contribution in [3.05, 3.63) is 65.7 Å². The summed E-state index contributed by atoms with van der Waals surface area (Å²) in [6, 6.07) is 19.3. The highest BCUT2D eigenvalue weighted by Crippen LogP contribution is 2.30. The van der Waals surface area contributed by atoms with Crippen LogP contribution in [-0.4, -0.2) is 24.6 Å². The zero-order chi connectivity index (χ0) is 17.8. The van der Waals surface area contributed by atoms with Crippen LogP contribution < -0.4 is 16.0 Å². The largest absolute Gasteiger partial charge is 0.384 e. The minimum Gasteiger partial charge on any atom is -0.384 e. The van der Waals surface area contributed by atoms with E-state index < -0.39 is 0 Å². The average Bonchev–Trinajstić information content (AvgIpc) is 2.70. The van der Waals surface area contributed by atoms with E-state index in [0.29, 0.717) is 0 Å². The van der Waals surface area contributed by atoms with Crippen LogP contribution in [0.3, 0.4) is 0 Å². The number of anilines is 2. The molecule has 0 aliphatic carbocycles. The Morgan fingerprint density at radius 3 is 2.69 bits per heavy atom. The number of fused-ring (bicyclic) bond motifs is 2.